The highest BCUT2D eigenvalue weighted by atomic mass is 16.6. The molecule has 2 atom stereocenters. The van der Waals surface area contributed by atoms with Crippen molar-refractivity contribution < 1.29 is 9.53 Å². The minimum atomic E-state index is -0.438. The molecule has 0 radical (unpaired) electrons. The highest BCUT2D eigenvalue weighted by Crippen LogP contribution is 2.41. The van der Waals surface area contributed by atoms with Gasteiger partial charge in [0.1, 0.15) is 5.60 Å². The van der Waals surface area contributed by atoms with Gasteiger partial charge in [0.15, 0.2) is 0 Å². The Morgan fingerprint density at radius 2 is 2.06 bits per heavy atom. The summed E-state index contributed by atoms with van der Waals surface area (Å²) in [5.41, 5.74) is 5.10. The number of amides is 1. The molecule has 2 aromatic carbocycles. The molecule has 1 saturated carbocycles. The summed E-state index contributed by atoms with van der Waals surface area (Å²) in [7, 11) is 0. The van der Waals surface area contributed by atoms with Crippen LogP contribution in [0.5, 0.6) is 0 Å². The fourth-order valence-corrected chi connectivity index (χ4v) is 5.78. The van der Waals surface area contributed by atoms with E-state index in [1.54, 1.807) is 12.3 Å². The number of hydrogen-bond donors (Lipinski definition) is 0. The third kappa shape index (κ3) is 4.31. The molecule has 180 valence electrons. The molecule has 1 aliphatic heterocycles. The standard InChI is InChI=1S/C29H27N5O2/c30-16-21-9-10-26-27(14-21)34(20-32-26)18-23-6-4-11-29(15-23)19-33(28(35)36-29)17-22-5-3-7-24(13-22)25-8-1-2-12-31-25/h1-3,5,7-10,12-14,20,23H,4,6,11,15,17-19H2. The number of carbonyl (C=O) groups excluding carboxylic acids is 1. The lowest BCUT2D eigenvalue weighted by Gasteiger charge is -2.36. The summed E-state index contributed by atoms with van der Waals surface area (Å²) in [5, 5.41) is 9.28. The number of carbonyl (C=O) groups is 1. The summed E-state index contributed by atoms with van der Waals surface area (Å²) < 4.78 is 8.21. The van der Waals surface area contributed by atoms with Crippen molar-refractivity contribution in [2.45, 2.75) is 44.4 Å². The zero-order valence-electron chi connectivity index (χ0n) is 20.0. The van der Waals surface area contributed by atoms with E-state index < -0.39 is 5.60 Å². The molecule has 2 aromatic heterocycles. The Bertz CT molecular complexity index is 1460. The van der Waals surface area contributed by atoms with Crippen molar-refractivity contribution in [1.29, 1.82) is 5.26 Å². The number of benzene rings is 2. The Hall–Kier alpha value is -4.18. The van der Waals surface area contributed by atoms with Crippen LogP contribution in [0.25, 0.3) is 22.3 Å². The van der Waals surface area contributed by atoms with E-state index in [-0.39, 0.29) is 6.09 Å². The summed E-state index contributed by atoms with van der Waals surface area (Å²) in [6.07, 6.45) is 7.25. The summed E-state index contributed by atoms with van der Waals surface area (Å²) in [5.74, 6) is 0.377. The van der Waals surface area contributed by atoms with Crippen LogP contribution in [-0.4, -0.2) is 37.7 Å². The first kappa shape index (κ1) is 22.3. The first-order valence-corrected chi connectivity index (χ1v) is 12.4. The van der Waals surface area contributed by atoms with Crippen LogP contribution < -0.4 is 0 Å². The van der Waals surface area contributed by atoms with E-state index in [0.717, 1.165) is 60.1 Å². The third-order valence-corrected chi connectivity index (χ3v) is 7.41. The van der Waals surface area contributed by atoms with Crippen LogP contribution >= 0.6 is 0 Å². The average Bonchev–Trinajstić information content (AvgIpc) is 3.44. The van der Waals surface area contributed by atoms with E-state index in [1.807, 2.05) is 59.8 Å². The van der Waals surface area contributed by atoms with Crippen molar-refractivity contribution >= 4 is 17.1 Å². The number of hydrogen-bond acceptors (Lipinski definition) is 5. The maximum absolute atomic E-state index is 12.9. The minimum absolute atomic E-state index is 0.231. The maximum atomic E-state index is 12.9. The lowest BCUT2D eigenvalue weighted by molar-refractivity contribution is 0.00415. The number of nitrogens with zero attached hydrogens (tertiary/aromatic N) is 5. The molecule has 0 bridgehead atoms. The minimum Gasteiger partial charge on any atom is -0.441 e. The molecule has 4 aromatic rings. The normalized spacial score (nSPS) is 21.6. The van der Waals surface area contributed by atoms with E-state index in [0.29, 0.717) is 24.6 Å². The molecule has 2 aliphatic rings. The van der Waals surface area contributed by atoms with Crippen LogP contribution in [0.15, 0.2) is 73.2 Å². The molecule has 7 nitrogen and oxygen atoms in total. The van der Waals surface area contributed by atoms with Gasteiger partial charge < -0.3 is 9.30 Å². The summed E-state index contributed by atoms with van der Waals surface area (Å²) in [6, 6.07) is 21.9. The van der Waals surface area contributed by atoms with Crippen molar-refractivity contribution in [2.24, 2.45) is 5.92 Å². The molecule has 1 aliphatic carbocycles. The number of rotatable bonds is 5. The lowest BCUT2D eigenvalue weighted by Crippen LogP contribution is -2.40. The van der Waals surface area contributed by atoms with Crippen LogP contribution in [0, 0.1) is 17.2 Å². The van der Waals surface area contributed by atoms with Gasteiger partial charge in [-0.05, 0) is 73.6 Å². The van der Waals surface area contributed by atoms with E-state index >= 15 is 0 Å². The number of pyridine rings is 1. The van der Waals surface area contributed by atoms with Gasteiger partial charge in [0.05, 0.1) is 41.2 Å². The van der Waals surface area contributed by atoms with Crippen LogP contribution in [0.1, 0.15) is 36.8 Å². The molecule has 7 heteroatoms. The molecule has 3 heterocycles. The fourth-order valence-electron chi connectivity index (χ4n) is 5.78. The van der Waals surface area contributed by atoms with Crippen molar-refractivity contribution in [3.8, 4) is 17.3 Å². The monoisotopic (exact) mass is 477 g/mol. The van der Waals surface area contributed by atoms with E-state index in [9.17, 15) is 10.1 Å². The molecule has 1 saturated heterocycles. The van der Waals surface area contributed by atoms with Crippen LogP contribution in [-0.2, 0) is 17.8 Å². The second-order valence-corrected chi connectivity index (χ2v) is 10.00. The smallest absolute Gasteiger partial charge is 0.410 e. The molecular formula is C29H27N5O2. The third-order valence-electron chi connectivity index (χ3n) is 7.41. The predicted molar refractivity (Wildman–Crippen MR) is 136 cm³/mol. The molecule has 1 spiro atoms. The van der Waals surface area contributed by atoms with E-state index in [4.69, 9.17) is 4.74 Å². The van der Waals surface area contributed by atoms with Gasteiger partial charge in [0, 0.05) is 24.8 Å². The fraction of sp³-hybridized carbons (Fsp3) is 0.310. The number of aromatic nitrogens is 3. The second-order valence-electron chi connectivity index (χ2n) is 10.00. The molecule has 1 amide bonds. The highest BCUT2D eigenvalue weighted by molar-refractivity contribution is 5.77. The topological polar surface area (TPSA) is 84.0 Å². The maximum Gasteiger partial charge on any atom is 0.410 e. The molecular weight excluding hydrogens is 450 g/mol. The Labute approximate surface area is 210 Å². The van der Waals surface area contributed by atoms with Crippen LogP contribution in [0.3, 0.4) is 0 Å². The van der Waals surface area contributed by atoms with Gasteiger partial charge in [0.25, 0.3) is 0 Å². The average molecular weight is 478 g/mol. The zero-order chi connectivity index (χ0) is 24.5. The van der Waals surface area contributed by atoms with Gasteiger partial charge in [0.2, 0.25) is 0 Å². The summed E-state index contributed by atoms with van der Waals surface area (Å²) in [4.78, 5) is 23.7. The first-order chi connectivity index (χ1) is 17.6. The molecule has 0 N–H and O–H groups in total. The summed E-state index contributed by atoms with van der Waals surface area (Å²) in [6.45, 7) is 1.94. The number of imidazole rings is 1. The van der Waals surface area contributed by atoms with Crippen molar-refractivity contribution in [3.63, 3.8) is 0 Å². The van der Waals surface area contributed by atoms with Gasteiger partial charge in [-0.2, -0.15) is 5.26 Å². The Balaban J connectivity index is 1.16. The lowest BCUT2D eigenvalue weighted by atomic mass is 9.78. The Kier molecular flexibility index (Phi) is 5.65. The number of fused-ring (bicyclic) bond motifs is 1. The molecule has 2 fully saturated rings. The van der Waals surface area contributed by atoms with Gasteiger partial charge in [-0.1, -0.05) is 24.3 Å². The summed E-state index contributed by atoms with van der Waals surface area (Å²) >= 11 is 0. The largest absolute Gasteiger partial charge is 0.441 e. The first-order valence-electron chi connectivity index (χ1n) is 12.4. The van der Waals surface area contributed by atoms with Crippen molar-refractivity contribution in [2.75, 3.05) is 6.54 Å². The Morgan fingerprint density at radius 3 is 2.92 bits per heavy atom. The number of nitriles is 1. The highest BCUT2D eigenvalue weighted by Gasteiger charge is 2.47. The van der Waals surface area contributed by atoms with Crippen LogP contribution in [0.2, 0.25) is 0 Å². The van der Waals surface area contributed by atoms with Gasteiger partial charge in [-0.3, -0.25) is 9.88 Å². The SMILES string of the molecule is N#Cc1ccc2ncn(CC3CCCC4(C3)CN(Cc3cccc(-c5ccccn5)c3)C(=O)O4)c2c1. The van der Waals surface area contributed by atoms with Crippen molar-refractivity contribution in [3.05, 3.63) is 84.3 Å². The van der Waals surface area contributed by atoms with E-state index in [1.165, 1.54) is 0 Å². The van der Waals surface area contributed by atoms with E-state index in [2.05, 4.69) is 26.7 Å². The zero-order valence-corrected chi connectivity index (χ0v) is 20.0. The van der Waals surface area contributed by atoms with Crippen molar-refractivity contribution in [1.82, 2.24) is 19.4 Å². The quantitative estimate of drug-likeness (QED) is 0.376. The second kappa shape index (κ2) is 9.12. The van der Waals surface area contributed by atoms with Gasteiger partial charge >= 0.3 is 6.09 Å². The molecule has 2 unspecified atom stereocenters. The molecule has 36 heavy (non-hydrogen) atoms. The number of ether oxygens (including phenoxy) is 1. The van der Waals surface area contributed by atoms with Gasteiger partial charge in [-0.25, -0.2) is 9.78 Å². The Morgan fingerprint density at radius 1 is 1.11 bits per heavy atom. The van der Waals surface area contributed by atoms with Gasteiger partial charge in [-0.15, -0.1) is 0 Å². The predicted octanol–water partition coefficient (Wildman–Crippen LogP) is 5.55. The molecule has 6 rings (SSSR count). The van der Waals surface area contributed by atoms with Crippen LogP contribution in [0.4, 0.5) is 4.79 Å².